The van der Waals surface area contributed by atoms with Crippen LogP contribution < -0.4 is 0 Å². The number of carbonyl (C=O) groups is 1. The fourth-order valence-electron chi connectivity index (χ4n) is 3.15. The first-order chi connectivity index (χ1) is 8.98. The summed E-state index contributed by atoms with van der Waals surface area (Å²) in [6, 6.07) is 0.215. The molecule has 0 aromatic carbocycles. The van der Waals surface area contributed by atoms with Gasteiger partial charge in [0, 0.05) is 12.5 Å². The maximum atomic E-state index is 11.7. The van der Waals surface area contributed by atoms with Crippen molar-refractivity contribution in [1.29, 1.82) is 0 Å². The summed E-state index contributed by atoms with van der Waals surface area (Å²) in [6.45, 7) is 6.21. The van der Waals surface area contributed by atoms with Crippen molar-refractivity contribution in [3.05, 3.63) is 12.2 Å². The molecule has 0 amide bonds. The lowest BCUT2D eigenvalue weighted by Crippen LogP contribution is -2.32. The van der Waals surface area contributed by atoms with E-state index in [2.05, 4.69) is 17.0 Å². The molecule has 1 aliphatic rings. The molecule has 0 saturated heterocycles. The lowest BCUT2D eigenvalue weighted by Gasteiger charge is -2.24. The molecule has 0 radical (unpaired) electrons. The van der Waals surface area contributed by atoms with Gasteiger partial charge in [0.2, 0.25) is 0 Å². The van der Waals surface area contributed by atoms with Gasteiger partial charge < -0.3 is 5.11 Å². The molecule has 1 heterocycles. The van der Waals surface area contributed by atoms with Crippen LogP contribution in [0.5, 0.6) is 0 Å². The van der Waals surface area contributed by atoms with Crippen LogP contribution in [0.15, 0.2) is 6.33 Å². The largest absolute Gasteiger partial charge is 0.481 e. The molecule has 5 nitrogen and oxygen atoms in total. The van der Waals surface area contributed by atoms with Crippen LogP contribution in [-0.2, 0) is 11.2 Å². The third-order valence-electron chi connectivity index (χ3n) is 4.37. The molecule has 1 aliphatic carbocycles. The molecule has 1 aromatic heterocycles. The molecule has 1 fully saturated rings. The molecule has 2 atom stereocenters. The number of aromatic nitrogens is 3. The van der Waals surface area contributed by atoms with Crippen LogP contribution in [0.3, 0.4) is 0 Å². The zero-order valence-electron chi connectivity index (χ0n) is 12.0. The molecule has 5 heteroatoms. The molecular weight excluding hydrogens is 242 g/mol. The highest BCUT2D eigenvalue weighted by Crippen LogP contribution is 2.45. The van der Waals surface area contributed by atoms with E-state index in [1.54, 1.807) is 0 Å². The number of carboxylic acids is 1. The standard InChI is InChI=1S/C14H23N3O2/c1-4-11-5-6-14(7-11,13(18)19)8-12-15-9-16-17(12)10(2)3/h9-11H,4-8H2,1-3H3,(H,18,19). The van der Waals surface area contributed by atoms with Crippen molar-refractivity contribution in [2.75, 3.05) is 0 Å². The fraction of sp³-hybridized carbons (Fsp3) is 0.786. The molecule has 1 saturated carbocycles. The van der Waals surface area contributed by atoms with Gasteiger partial charge in [0.1, 0.15) is 12.2 Å². The van der Waals surface area contributed by atoms with Crippen LogP contribution in [0.1, 0.15) is 58.3 Å². The van der Waals surface area contributed by atoms with Crippen molar-refractivity contribution in [2.24, 2.45) is 11.3 Å². The van der Waals surface area contributed by atoms with E-state index in [0.29, 0.717) is 12.3 Å². The van der Waals surface area contributed by atoms with Crippen molar-refractivity contribution in [3.8, 4) is 0 Å². The number of hydrogen-bond acceptors (Lipinski definition) is 3. The first kappa shape index (κ1) is 14.0. The minimum atomic E-state index is -0.679. The van der Waals surface area contributed by atoms with E-state index in [1.807, 2.05) is 18.5 Å². The average Bonchev–Trinajstić information content (AvgIpc) is 2.96. The van der Waals surface area contributed by atoms with Gasteiger partial charge in [0.25, 0.3) is 0 Å². The summed E-state index contributed by atoms with van der Waals surface area (Å²) in [5.41, 5.74) is -0.639. The monoisotopic (exact) mass is 265 g/mol. The van der Waals surface area contributed by atoms with Gasteiger partial charge in [-0.15, -0.1) is 0 Å². The Morgan fingerprint density at radius 1 is 1.63 bits per heavy atom. The summed E-state index contributed by atoms with van der Waals surface area (Å²) >= 11 is 0. The Kier molecular flexibility index (Phi) is 3.92. The van der Waals surface area contributed by atoms with Crippen LogP contribution in [0, 0.1) is 11.3 Å². The van der Waals surface area contributed by atoms with Crippen molar-refractivity contribution in [2.45, 2.75) is 58.9 Å². The van der Waals surface area contributed by atoms with Gasteiger partial charge in [0.15, 0.2) is 0 Å². The summed E-state index contributed by atoms with van der Waals surface area (Å²) in [5, 5.41) is 13.8. The first-order valence-electron chi connectivity index (χ1n) is 7.10. The lowest BCUT2D eigenvalue weighted by molar-refractivity contribution is -0.148. The average molecular weight is 265 g/mol. The second-order valence-corrected chi connectivity index (χ2v) is 5.99. The molecule has 0 spiro atoms. The number of hydrogen-bond donors (Lipinski definition) is 1. The predicted octanol–water partition coefficient (Wildman–Crippen LogP) is 2.68. The Morgan fingerprint density at radius 2 is 2.37 bits per heavy atom. The predicted molar refractivity (Wildman–Crippen MR) is 71.8 cm³/mol. The van der Waals surface area contributed by atoms with Crippen molar-refractivity contribution in [1.82, 2.24) is 14.8 Å². The molecule has 106 valence electrons. The number of rotatable bonds is 5. The first-order valence-corrected chi connectivity index (χ1v) is 7.10. The number of nitrogens with zero attached hydrogens (tertiary/aromatic N) is 3. The van der Waals surface area contributed by atoms with Crippen molar-refractivity contribution in [3.63, 3.8) is 0 Å². The van der Waals surface area contributed by atoms with Gasteiger partial charge in [-0.1, -0.05) is 13.3 Å². The van der Waals surface area contributed by atoms with E-state index in [4.69, 9.17) is 0 Å². The summed E-state index contributed by atoms with van der Waals surface area (Å²) in [6.07, 6.45) is 5.62. The number of aliphatic carboxylic acids is 1. The molecular formula is C14H23N3O2. The fourth-order valence-corrected chi connectivity index (χ4v) is 3.15. The number of carboxylic acid groups (broad SMARTS) is 1. The Bertz CT molecular complexity index is 455. The Hall–Kier alpha value is -1.39. The van der Waals surface area contributed by atoms with Crippen LogP contribution in [-0.4, -0.2) is 25.8 Å². The highest BCUT2D eigenvalue weighted by molar-refractivity contribution is 5.75. The molecule has 0 aliphatic heterocycles. The minimum Gasteiger partial charge on any atom is -0.481 e. The van der Waals surface area contributed by atoms with E-state index < -0.39 is 11.4 Å². The van der Waals surface area contributed by atoms with Gasteiger partial charge in [-0.25, -0.2) is 9.67 Å². The Labute approximate surface area is 114 Å². The molecule has 2 rings (SSSR count). The maximum absolute atomic E-state index is 11.7. The van der Waals surface area contributed by atoms with E-state index in [9.17, 15) is 9.90 Å². The SMILES string of the molecule is CCC1CCC(Cc2ncnn2C(C)C)(C(=O)O)C1. The normalized spacial score (nSPS) is 27.1. The van der Waals surface area contributed by atoms with E-state index >= 15 is 0 Å². The van der Waals surface area contributed by atoms with Gasteiger partial charge in [0.05, 0.1) is 5.41 Å². The molecule has 2 unspecified atom stereocenters. The van der Waals surface area contributed by atoms with Gasteiger partial charge >= 0.3 is 5.97 Å². The summed E-state index contributed by atoms with van der Waals surface area (Å²) in [4.78, 5) is 16.0. The van der Waals surface area contributed by atoms with Crippen molar-refractivity contribution >= 4 is 5.97 Å². The van der Waals surface area contributed by atoms with E-state index in [1.165, 1.54) is 6.33 Å². The third-order valence-corrected chi connectivity index (χ3v) is 4.37. The van der Waals surface area contributed by atoms with Crippen LogP contribution in [0.25, 0.3) is 0 Å². The van der Waals surface area contributed by atoms with Crippen molar-refractivity contribution < 1.29 is 9.90 Å². The topological polar surface area (TPSA) is 68.0 Å². The minimum absolute atomic E-state index is 0.215. The second-order valence-electron chi connectivity index (χ2n) is 5.99. The summed E-state index contributed by atoms with van der Waals surface area (Å²) in [7, 11) is 0. The Morgan fingerprint density at radius 3 is 2.89 bits per heavy atom. The highest BCUT2D eigenvalue weighted by atomic mass is 16.4. The van der Waals surface area contributed by atoms with Crippen LogP contribution >= 0.6 is 0 Å². The summed E-state index contributed by atoms with van der Waals surface area (Å²) in [5.74, 6) is 0.655. The lowest BCUT2D eigenvalue weighted by atomic mass is 9.81. The zero-order valence-corrected chi connectivity index (χ0v) is 12.0. The second kappa shape index (κ2) is 5.31. The molecule has 0 bridgehead atoms. The Balaban J connectivity index is 2.23. The van der Waals surface area contributed by atoms with Crippen LogP contribution in [0.2, 0.25) is 0 Å². The molecule has 1 aromatic rings. The van der Waals surface area contributed by atoms with E-state index in [0.717, 1.165) is 31.5 Å². The summed E-state index contributed by atoms with van der Waals surface area (Å²) < 4.78 is 1.84. The molecule has 1 N–H and O–H groups in total. The smallest absolute Gasteiger partial charge is 0.310 e. The quantitative estimate of drug-likeness (QED) is 0.888. The molecule has 19 heavy (non-hydrogen) atoms. The van der Waals surface area contributed by atoms with E-state index in [-0.39, 0.29) is 6.04 Å². The van der Waals surface area contributed by atoms with Gasteiger partial charge in [-0.3, -0.25) is 4.79 Å². The van der Waals surface area contributed by atoms with Crippen LogP contribution in [0.4, 0.5) is 0 Å². The highest BCUT2D eigenvalue weighted by Gasteiger charge is 2.45. The van der Waals surface area contributed by atoms with Gasteiger partial charge in [-0.05, 0) is 39.0 Å². The maximum Gasteiger partial charge on any atom is 0.310 e. The third kappa shape index (κ3) is 2.65. The van der Waals surface area contributed by atoms with Gasteiger partial charge in [-0.2, -0.15) is 5.10 Å². The zero-order chi connectivity index (χ0) is 14.0.